The van der Waals surface area contributed by atoms with Crippen molar-refractivity contribution in [2.45, 2.75) is 64.8 Å². The molecule has 3 rings (SSSR count). The first-order valence-electron chi connectivity index (χ1n) is 10.2. The highest BCUT2D eigenvalue weighted by Crippen LogP contribution is 2.20. The first-order valence-corrected chi connectivity index (χ1v) is 11.1. The van der Waals surface area contributed by atoms with Gasteiger partial charge in [-0.25, -0.2) is 0 Å². The van der Waals surface area contributed by atoms with E-state index in [0.717, 1.165) is 38.4 Å². The molecule has 2 aromatic rings. The second kappa shape index (κ2) is 9.65. The molecular formula is C21H32N4O2S. The van der Waals surface area contributed by atoms with Crippen molar-refractivity contribution in [1.29, 1.82) is 0 Å². The quantitative estimate of drug-likeness (QED) is 0.725. The van der Waals surface area contributed by atoms with E-state index in [2.05, 4.69) is 58.6 Å². The maximum Gasteiger partial charge on any atom is 0.226 e. The van der Waals surface area contributed by atoms with Crippen LogP contribution in [0.3, 0.4) is 0 Å². The smallest absolute Gasteiger partial charge is 0.226 e. The molecule has 0 saturated carbocycles. The number of likely N-dealkylation sites (tertiary alicyclic amines) is 1. The van der Waals surface area contributed by atoms with Crippen LogP contribution in [-0.2, 0) is 23.2 Å². The second-order valence-corrected chi connectivity index (χ2v) is 9.77. The van der Waals surface area contributed by atoms with Gasteiger partial charge < -0.3 is 9.84 Å². The van der Waals surface area contributed by atoms with Crippen LogP contribution in [0.4, 0.5) is 0 Å². The lowest BCUT2D eigenvalue weighted by atomic mass is 9.96. The fourth-order valence-electron chi connectivity index (χ4n) is 3.49. The number of amides is 1. The third-order valence-corrected chi connectivity index (χ3v) is 5.95. The average Bonchev–Trinajstić information content (AvgIpc) is 3.32. The van der Waals surface area contributed by atoms with Gasteiger partial charge in [0.1, 0.15) is 0 Å². The molecule has 1 aliphatic rings. The van der Waals surface area contributed by atoms with Crippen molar-refractivity contribution in [2.75, 3.05) is 19.6 Å². The van der Waals surface area contributed by atoms with E-state index in [1.165, 1.54) is 17.7 Å². The van der Waals surface area contributed by atoms with Gasteiger partial charge in [-0.2, -0.15) is 4.98 Å². The van der Waals surface area contributed by atoms with Crippen molar-refractivity contribution < 1.29 is 9.32 Å². The molecule has 0 spiro atoms. The summed E-state index contributed by atoms with van der Waals surface area (Å²) in [4.78, 5) is 20.5. The Morgan fingerprint density at radius 3 is 3.00 bits per heavy atom. The molecule has 6 nitrogen and oxygen atoms in total. The first-order chi connectivity index (χ1) is 13.4. The van der Waals surface area contributed by atoms with E-state index in [4.69, 9.17) is 4.52 Å². The summed E-state index contributed by atoms with van der Waals surface area (Å²) in [5, 5.41) is 9.28. The first kappa shape index (κ1) is 21.0. The topological polar surface area (TPSA) is 71.3 Å². The van der Waals surface area contributed by atoms with E-state index in [1.807, 2.05) is 11.3 Å². The number of carbonyl (C=O) groups is 1. The highest BCUT2D eigenvalue weighted by Gasteiger charge is 2.22. The molecule has 1 unspecified atom stereocenters. The molecule has 2 aromatic heterocycles. The fraction of sp³-hybridized carbons (Fsp3) is 0.667. The Labute approximate surface area is 171 Å². The van der Waals surface area contributed by atoms with Gasteiger partial charge in [0.2, 0.25) is 11.8 Å². The van der Waals surface area contributed by atoms with Crippen LogP contribution in [0.25, 0.3) is 0 Å². The summed E-state index contributed by atoms with van der Waals surface area (Å²) in [5.41, 5.74) is -0.115. The van der Waals surface area contributed by atoms with Gasteiger partial charge in [0.25, 0.3) is 0 Å². The zero-order valence-corrected chi connectivity index (χ0v) is 18.1. The summed E-state index contributed by atoms with van der Waals surface area (Å²) < 4.78 is 5.29. The van der Waals surface area contributed by atoms with Gasteiger partial charge >= 0.3 is 0 Å². The maximum atomic E-state index is 12.2. The number of hydrogen-bond acceptors (Lipinski definition) is 6. The molecular weight excluding hydrogens is 372 g/mol. The molecule has 1 aliphatic heterocycles. The number of aromatic nitrogens is 2. The van der Waals surface area contributed by atoms with Crippen molar-refractivity contribution in [3.63, 3.8) is 0 Å². The van der Waals surface area contributed by atoms with Crippen LogP contribution < -0.4 is 5.32 Å². The molecule has 1 amide bonds. The molecule has 3 heterocycles. The van der Waals surface area contributed by atoms with Crippen LogP contribution in [0.2, 0.25) is 0 Å². The third kappa shape index (κ3) is 6.41. The van der Waals surface area contributed by atoms with Gasteiger partial charge in [-0.3, -0.25) is 9.69 Å². The highest BCUT2D eigenvalue weighted by molar-refractivity contribution is 7.09. The molecule has 0 bridgehead atoms. The van der Waals surface area contributed by atoms with E-state index in [-0.39, 0.29) is 11.3 Å². The summed E-state index contributed by atoms with van der Waals surface area (Å²) in [6, 6.07) is 4.31. The Kier molecular flexibility index (Phi) is 7.24. The van der Waals surface area contributed by atoms with E-state index < -0.39 is 0 Å². The molecule has 28 heavy (non-hydrogen) atoms. The minimum Gasteiger partial charge on any atom is -0.356 e. The number of piperidine rings is 1. The Balaban J connectivity index is 1.33. The molecule has 1 atom stereocenters. The number of hydrogen-bond donors (Lipinski definition) is 1. The minimum absolute atomic E-state index is 0.115. The molecule has 0 aromatic carbocycles. The zero-order valence-electron chi connectivity index (χ0n) is 17.2. The van der Waals surface area contributed by atoms with Crippen LogP contribution in [0, 0.1) is 5.92 Å². The molecule has 1 fully saturated rings. The van der Waals surface area contributed by atoms with E-state index in [1.54, 1.807) is 0 Å². The van der Waals surface area contributed by atoms with Gasteiger partial charge in [-0.1, -0.05) is 32.0 Å². The SMILES string of the molecule is CC(C)(C)c1noc(CCCC(=O)NCC2CCCN(Cc3cccs3)C2)n1. The van der Waals surface area contributed by atoms with Crippen molar-refractivity contribution >= 4 is 17.2 Å². The lowest BCUT2D eigenvalue weighted by molar-refractivity contribution is -0.121. The molecule has 0 radical (unpaired) electrons. The minimum atomic E-state index is -0.115. The number of aryl methyl sites for hydroxylation is 1. The monoisotopic (exact) mass is 404 g/mol. The summed E-state index contributed by atoms with van der Waals surface area (Å²) in [7, 11) is 0. The number of nitrogens with one attached hydrogen (secondary N) is 1. The lowest BCUT2D eigenvalue weighted by Gasteiger charge is -2.32. The standard InChI is InChI=1S/C21H32N4O2S/c1-21(2,3)20-23-19(27-24-20)10-4-9-18(26)22-13-16-7-5-11-25(14-16)15-17-8-6-12-28-17/h6,8,12,16H,4-5,7,9-11,13-15H2,1-3H3,(H,22,26). The Morgan fingerprint density at radius 2 is 2.29 bits per heavy atom. The molecule has 7 heteroatoms. The third-order valence-electron chi connectivity index (χ3n) is 5.08. The zero-order chi connectivity index (χ0) is 20.0. The Bertz CT molecular complexity index is 736. The number of rotatable bonds is 8. The molecule has 1 saturated heterocycles. The summed E-state index contributed by atoms with van der Waals surface area (Å²) in [5.74, 6) is 2.00. The highest BCUT2D eigenvalue weighted by atomic mass is 32.1. The van der Waals surface area contributed by atoms with Gasteiger partial charge in [-0.15, -0.1) is 11.3 Å². The van der Waals surface area contributed by atoms with Gasteiger partial charge in [-0.05, 0) is 43.2 Å². The number of thiophene rings is 1. The average molecular weight is 405 g/mol. The normalized spacial score (nSPS) is 18.3. The van der Waals surface area contributed by atoms with E-state index in [9.17, 15) is 4.79 Å². The van der Waals surface area contributed by atoms with E-state index >= 15 is 0 Å². The predicted octanol–water partition coefficient (Wildman–Crippen LogP) is 3.78. The maximum absolute atomic E-state index is 12.2. The number of nitrogens with zero attached hydrogens (tertiary/aromatic N) is 3. The van der Waals surface area contributed by atoms with Crippen molar-refractivity contribution in [1.82, 2.24) is 20.4 Å². The van der Waals surface area contributed by atoms with Crippen molar-refractivity contribution in [2.24, 2.45) is 5.92 Å². The largest absolute Gasteiger partial charge is 0.356 e. The van der Waals surface area contributed by atoms with Crippen LogP contribution >= 0.6 is 11.3 Å². The van der Waals surface area contributed by atoms with Gasteiger partial charge in [0.15, 0.2) is 5.82 Å². The van der Waals surface area contributed by atoms with Crippen LogP contribution in [0.15, 0.2) is 22.0 Å². The van der Waals surface area contributed by atoms with Gasteiger partial charge in [0.05, 0.1) is 0 Å². The molecule has 154 valence electrons. The predicted molar refractivity (Wildman–Crippen MR) is 111 cm³/mol. The van der Waals surface area contributed by atoms with Crippen molar-refractivity contribution in [3.8, 4) is 0 Å². The summed E-state index contributed by atoms with van der Waals surface area (Å²) >= 11 is 1.82. The fourth-order valence-corrected chi connectivity index (χ4v) is 4.24. The van der Waals surface area contributed by atoms with E-state index in [0.29, 0.717) is 24.7 Å². The Morgan fingerprint density at radius 1 is 1.43 bits per heavy atom. The van der Waals surface area contributed by atoms with Crippen LogP contribution in [-0.4, -0.2) is 40.6 Å². The van der Waals surface area contributed by atoms with Crippen molar-refractivity contribution in [3.05, 3.63) is 34.1 Å². The van der Waals surface area contributed by atoms with Crippen LogP contribution in [0.5, 0.6) is 0 Å². The summed E-state index contributed by atoms with van der Waals surface area (Å²) in [6.45, 7) is 10.2. The van der Waals surface area contributed by atoms with Gasteiger partial charge in [0, 0.05) is 42.8 Å². The molecule has 1 N–H and O–H groups in total. The second-order valence-electron chi connectivity index (χ2n) is 8.74. The molecule has 0 aliphatic carbocycles. The summed E-state index contributed by atoms with van der Waals surface area (Å²) in [6.07, 6.45) is 4.28. The Hall–Kier alpha value is -1.73. The van der Waals surface area contributed by atoms with Crippen LogP contribution in [0.1, 0.15) is 63.0 Å². The number of carbonyl (C=O) groups excluding carboxylic acids is 1. The lowest BCUT2D eigenvalue weighted by Crippen LogP contribution is -2.40.